The van der Waals surface area contributed by atoms with Gasteiger partial charge in [0.15, 0.2) is 0 Å². The third kappa shape index (κ3) is 2.50. The number of hydrogen-bond acceptors (Lipinski definition) is 3. The summed E-state index contributed by atoms with van der Waals surface area (Å²) >= 11 is 5.61. The Balaban J connectivity index is 2.14. The summed E-state index contributed by atoms with van der Waals surface area (Å²) < 4.78 is 15.0. The van der Waals surface area contributed by atoms with Crippen LogP contribution in [0.25, 0.3) is 0 Å². The van der Waals surface area contributed by atoms with Gasteiger partial charge in [-0.1, -0.05) is 11.6 Å². The summed E-state index contributed by atoms with van der Waals surface area (Å²) in [4.78, 5) is 0. The molecule has 0 saturated heterocycles. The van der Waals surface area contributed by atoms with Crippen LogP contribution in [-0.4, -0.2) is 9.78 Å². The van der Waals surface area contributed by atoms with Gasteiger partial charge in [-0.05, 0) is 12.1 Å². The highest BCUT2D eigenvalue weighted by Crippen LogP contribution is 2.26. The predicted molar refractivity (Wildman–Crippen MR) is 66.4 cm³/mol. The van der Waals surface area contributed by atoms with Crippen molar-refractivity contribution >= 4 is 23.0 Å². The van der Waals surface area contributed by atoms with E-state index in [4.69, 9.17) is 17.3 Å². The number of nitrogens with zero attached hydrogens (tertiary/aromatic N) is 2. The fraction of sp³-hybridized carbons (Fsp3) is 0.182. The van der Waals surface area contributed by atoms with Crippen molar-refractivity contribution in [3.8, 4) is 0 Å². The molecule has 6 heteroatoms. The minimum absolute atomic E-state index is 0.0218. The van der Waals surface area contributed by atoms with Crippen LogP contribution >= 0.6 is 11.6 Å². The van der Waals surface area contributed by atoms with Crippen molar-refractivity contribution in [2.24, 2.45) is 7.05 Å². The van der Waals surface area contributed by atoms with Gasteiger partial charge < -0.3 is 11.1 Å². The van der Waals surface area contributed by atoms with E-state index in [-0.39, 0.29) is 5.02 Å². The van der Waals surface area contributed by atoms with Crippen LogP contribution in [0.3, 0.4) is 0 Å². The topological polar surface area (TPSA) is 55.9 Å². The fourth-order valence-electron chi connectivity index (χ4n) is 1.48. The summed E-state index contributed by atoms with van der Waals surface area (Å²) in [7, 11) is 1.84. The number of aryl methyl sites for hydroxylation is 1. The van der Waals surface area contributed by atoms with Gasteiger partial charge >= 0.3 is 0 Å². The van der Waals surface area contributed by atoms with Gasteiger partial charge in [-0.25, -0.2) is 4.39 Å². The third-order valence-corrected chi connectivity index (χ3v) is 2.76. The highest BCUT2D eigenvalue weighted by molar-refractivity contribution is 6.31. The molecule has 0 aliphatic carbocycles. The molecule has 90 valence electrons. The number of rotatable bonds is 3. The van der Waals surface area contributed by atoms with Gasteiger partial charge in [0, 0.05) is 19.3 Å². The summed E-state index contributed by atoms with van der Waals surface area (Å²) in [5.41, 5.74) is 7.64. The zero-order valence-corrected chi connectivity index (χ0v) is 10.0. The maximum Gasteiger partial charge on any atom is 0.143 e. The highest BCUT2D eigenvalue weighted by atomic mass is 35.5. The Hall–Kier alpha value is -1.75. The van der Waals surface area contributed by atoms with Crippen LogP contribution in [-0.2, 0) is 13.6 Å². The monoisotopic (exact) mass is 254 g/mol. The zero-order chi connectivity index (χ0) is 12.4. The number of nitrogens with two attached hydrogens (primary N) is 1. The van der Waals surface area contributed by atoms with Crippen LogP contribution in [0.15, 0.2) is 24.4 Å². The summed E-state index contributed by atoms with van der Waals surface area (Å²) in [6.45, 7) is 0.516. The van der Waals surface area contributed by atoms with E-state index in [0.29, 0.717) is 17.9 Å². The van der Waals surface area contributed by atoms with Crippen LogP contribution in [0, 0.1) is 5.82 Å². The first kappa shape index (κ1) is 11.7. The van der Waals surface area contributed by atoms with Gasteiger partial charge in [-0.2, -0.15) is 5.10 Å². The molecule has 0 unspecified atom stereocenters. The van der Waals surface area contributed by atoms with Crippen molar-refractivity contribution in [1.82, 2.24) is 9.78 Å². The van der Waals surface area contributed by atoms with Crippen molar-refractivity contribution in [3.05, 3.63) is 40.9 Å². The molecule has 0 fully saturated rings. The van der Waals surface area contributed by atoms with Gasteiger partial charge in [0.25, 0.3) is 0 Å². The number of benzene rings is 1. The van der Waals surface area contributed by atoms with Crippen molar-refractivity contribution in [3.63, 3.8) is 0 Å². The molecule has 1 aromatic heterocycles. The molecule has 0 aliphatic heterocycles. The van der Waals surface area contributed by atoms with Crippen LogP contribution in [0.4, 0.5) is 15.8 Å². The smallest absolute Gasteiger partial charge is 0.143 e. The van der Waals surface area contributed by atoms with Crippen molar-refractivity contribution in [2.75, 3.05) is 11.1 Å². The first-order chi connectivity index (χ1) is 8.08. The Kier molecular flexibility index (Phi) is 3.19. The summed E-state index contributed by atoms with van der Waals surface area (Å²) in [5, 5.41) is 7.09. The first-order valence-electron chi connectivity index (χ1n) is 5.03. The number of aromatic nitrogens is 2. The molecule has 0 saturated carbocycles. The minimum Gasteiger partial charge on any atom is -0.397 e. The maximum atomic E-state index is 13.3. The number of anilines is 2. The van der Waals surface area contributed by atoms with Gasteiger partial charge in [0.1, 0.15) is 5.82 Å². The van der Waals surface area contributed by atoms with Crippen LogP contribution in [0.1, 0.15) is 5.69 Å². The second-order valence-electron chi connectivity index (χ2n) is 3.65. The molecule has 0 spiro atoms. The quantitative estimate of drug-likeness (QED) is 0.827. The Morgan fingerprint density at radius 3 is 2.94 bits per heavy atom. The Bertz CT molecular complexity index is 538. The van der Waals surface area contributed by atoms with E-state index < -0.39 is 5.82 Å². The lowest BCUT2D eigenvalue weighted by atomic mass is 10.2. The lowest BCUT2D eigenvalue weighted by Gasteiger charge is -2.10. The second-order valence-corrected chi connectivity index (χ2v) is 4.06. The number of nitrogen functional groups attached to an aromatic ring is 1. The van der Waals surface area contributed by atoms with Crippen molar-refractivity contribution < 1.29 is 4.39 Å². The van der Waals surface area contributed by atoms with E-state index in [9.17, 15) is 4.39 Å². The predicted octanol–water partition coefficient (Wildman–Crippen LogP) is 2.41. The zero-order valence-electron chi connectivity index (χ0n) is 9.24. The van der Waals surface area contributed by atoms with Gasteiger partial charge in [-0.15, -0.1) is 0 Å². The van der Waals surface area contributed by atoms with Gasteiger partial charge in [0.2, 0.25) is 0 Å². The largest absolute Gasteiger partial charge is 0.397 e. The van der Waals surface area contributed by atoms with Gasteiger partial charge in [0.05, 0.1) is 28.6 Å². The average Bonchev–Trinajstić information content (AvgIpc) is 2.68. The molecule has 4 nitrogen and oxygen atoms in total. The lowest BCUT2D eigenvalue weighted by Crippen LogP contribution is -2.07. The summed E-state index contributed by atoms with van der Waals surface area (Å²) in [6.07, 6.45) is 1.70. The van der Waals surface area contributed by atoms with E-state index in [2.05, 4.69) is 10.4 Å². The van der Waals surface area contributed by atoms with Crippen LogP contribution in [0.2, 0.25) is 5.02 Å². The SMILES string of the molecule is Cn1nccc1CNc1cc(F)c(Cl)cc1N. The van der Waals surface area contributed by atoms with E-state index in [1.165, 1.54) is 12.1 Å². The van der Waals surface area contributed by atoms with E-state index in [1.807, 2.05) is 13.1 Å². The molecule has 2 rings (SSSR count). The molecule has 0 atom stereocenters. The van der Waals surface area contributed by atoms with Crippen LogP contribution < -0.4 is 11.1 Å². The molecule has 0 radical (unpaired) electrons. The Labute approximate surface area is 103 Å². The summed E-state index contributed by atoms with van der Waals surface area (Å²) in [5.74, 6) is -0.492. The van der Waals surface area contributed by atoms with Gasteiger partial charge in [-0.3, -0.25) is 4.68 Å². The molecule has 0 bridgehead atoms. The molecule has 0 aliphatic rings. The fourth-order valence-corrected chi connectivity index (χ4v) is 1.65. The van der Waals surface area contributed by atoms with E-state index in [1.54, 1.807) is 10.9 Å². The average molecular weight is 255 g/mol. The molecular formula is C11H12ClFN4. The van der Waals surface area contributed by atoms with Crippen LogP contribution in [0.5, 0.6) is 0 Å². The maximum absolute atomic E-state index is 13.3. The molecule has 2 aromatic rings. The second kappa shape index (κ2) is 4.63. The normalized spacial score (nSPS) is 10.5. The van der Waals surface area contributed by atoms with Crippen molar-refractivity contribution in [2.45, 2.75) is 6.54 Å². The lowest BCUT2D eigenvalue weighted by molar-refractivity contribution is 0.628. The standard InChI is InChI=1S/C11H12ClFN4/c1-17-7(2-3-16-17)6-15-11-5-9(13)8(12)4-10(11)14/h2-5,15H,6,14H2,1H3. The number of nitrogens with one attached hydrogen (secondary N) is 1. The number of hydrogen-bond donors (Lipinski definition) is 2. The Morgan fingerprint density at radius 1 is 1.53 bits per heavy atom. The molecule has 3 N–H and O–H groups in total. The molecule has 1 aromatic carbocycles. The molecule has 17 heavy (non-hydrogen) atoms. The van der Waals surface area contributed by atoms with Crippen molar-refractivity contribution in [1.29, 1.82) is 0 Å². The first-order valence-corrected chi connectivity index (χ1v) is 5.41. The highest BCUT2D eigenvalue weighted by Gasteiger charge is 2.06. The number of halogens is 2. The minimum atomic E-state index is -0.492. The third-order valence-electron chi connectivity index (χ3n) is 2.47. The van der Waals surface area contributed by atoms with E-state index in [0.717, 1.165) is 5.69 Å². The molecule has 1 heterocycles. The molecule has 0 amide bonds. The summed E-state index contributed by atoms with van der Waals surface area (Å²) in [6, 6.07) is 4.55. The Morgan fingerprint density at radius 2 is 2.29 bits per heavy atom. The van der Waals surface area contributed by atoms with E-state index >= 15 is 0 Å². The molecular weight excluding hydrogens is 243 g/mol.